The van der Waals surface area contributed by atoms with E-state index < -0.39 is 0 Å². The molecule has 10 rings (SSSR count). The summed E-state index contributed by atoms with van der Waals surface area (Å²) in [6.45, 7) is 0. The molecule has 0 aromatic heterocycles. The van der Waals surface area contributed by atoms with Gasteiger partial charge in [-0.3, -0.25) is 0 Å². The Hall–Kier alpha value is -5.92. The molecule has 1 nitrogen and oxygen atoms in total. The van der Waals surface area contributed by atoms with E-state index in [4.69, 9.17) is 4.74 Å². The summed E-state index contributed by atoms with van der Waals surface area (Å²) in [6.07, 6.45) is 0. The monoisotopic (exact) mass is 570 g/mol. The van der Waals surface area contributed by atoms with Gasteiger partial charge in [-0.1, -0.05) is 133 Å². The number of ether oxygens (including phenoxy) is 1. The Balaban J connectivity index is 1.23. The van der Waals surface area contributed by atoms with Gasteiger partial charge in [-0.05, 0) is 101 Å². The van der Waals surface area contributed by atoms with Crippen molar-refractivity contribution in [2.75, 3.05) is 0 Å². The summed E-state index contributed by atoms with van der Waals surface area (Å²) in [5.41, 5.74) is 7.30. The van der Waals surface area contributed by atoms with Gasteiger partial charge in [0.05, 0.1) is 0 Å². The molecule has 1 aliphatic rings. The first-order chi connectivity index (χ1) is 22.3. The Bertz CT molecular complexity index is 2670. The first kappa shape index (κ1) is 24.5. The first-order valence-electron chi connectivity index (χ1n) is 15.5. The lowest BCUT2D eigenvalue weighted by Gasteiger charge is -2.23. The van der Waals surface area contributed by atoms with Crippen LogP contribution in [0, 0.1) is 0 Å². The number of fused-ring (bicyclic) bond motifs is 8. The van der Waals surface area contributed by atoms with Gasteiger partial charge in [0.1, 0.15) is 11.5 Å². The van der Waals surface area contributed by atoms with E-state index in [0.29, 0.717) is 0 Å². The summed E-state index contributed by atoms with van der Waals surface area (Å²) in [7, 11) is 0. The minimum atomic E-state index is 0.901. The van der Waals surface area contributed by atoms with Crippen LogP contribution in [0.2, 0.25) is 0 Å². The van der Waals surface area contributed by atoms with Crippen LogP contribution in [0.3, 0.4) is 0 Å². The van der Waals surface area contributed by atoms with Crippen molar-refractivity contribution >= 4 is 53.9 Å². The van der Waals surface area contributed by atoms with Crippen LogP contribution in [-0.4, -0.2) is 0 Å². The standard InChI is InChI=1S/C44H26O/c1-2-10-27(11-3-1)42-34-15-7-5-12-28(34)24-31-20-22-35-32(16-8-18-37(35)43(31)42)30-21-23-40-39(25-30)38-19-9-17-36-33-14-6-4-13-29(33)26-41(45-40)44(36)38/h1-26H. The second-order valence-corrected chi connectivity index (χ2v) is 12.0. The third-order valence-corrected chi connectivity index (χ3v) is 9.60. The fraction of sp³-hybridized carbons (Fsp3) is 0. The maximum absolute atomic E-state index is 6.60. The van der Waals surface area contributed by atoms with Crippen LogP contribution in [-0.2, 0) is 0 Å². The Morgan fingerprint density at radius 1 is 0.311 bits per heavy atom. The molecular formula is C44H26O. The van der Waals surface area contributed by atoms with Crippen molar-refractivity contribution in [2.45, 2.75) is 0 Å². The second kappa shape index (κ2) is 9.29. The zero-order chi connectivity index (χ0) is 29.5. The molecule has 1 heterocycles. The molecule has 1 aliphatic heterocycles. The van der Waals surface area contributed by atoms with Crippen LogP contribution in [0.4, 0.5) is 0 Å². The average Bonchev–Trinajstić information content (AvgIpc) is 3.10. The maximum Gasteiger partial charge on any atom is 0.136 e. The minimum Gasteiger partial charge on any atom is -0.456 e. The van der Waals surface area contributed by atoms with E-state index in [1.165, 1.54) is 81.7 Å². The minimum absolute atomic E-state index is 0.901. The van der Waals surface area contributed by atoms with Gasteiger partial charge in [-0.2, -0.15) is 0 Å². The third-order valence-electron chi connectivity index (χ3n) is 9.60. The molecule has 0 bridgehead atoms. The maximum atomic E-state index is 6.60. The first-order valence-corrected chi connectivity index (χ1v) is 15.5. The molecule has 0 atom stereocenters. The van der Waals surface area contributed by atoms with Crippen LogP contribution >= 0.6 is 0 Å². The molecule has 0 aliphatic carbocycles. The summed E-state index contributed by atoms with van der Waals surface area (Å²) in [5.74, 6) is 1.83. The molecule has 1 heteroatoms. The van der Waals surface area contributed by atoms with E-state index in [1.54, 1.807) is 0 Å². The highest BCUT2D eigenvalue weighted by atomic mass is 16.5. The fourth-order valence-electron chi connectivity index (χ4n) is 7.63. The molecule has 0 N–H and O–H groups in total. The Kier molecular flexibility index (Phi) is 5.06. The van der Waals surface area contributed by atoms with E-state index >= 15 is 0 Å². The van der Waals surface area contributed by atoms with Crippen molar-refractivity contribution in [1.29, 1.82) is 0 Å². The molecule has 0 spiro atoms. The Labute approximate surface area is 260 Å². The van der Waals surface area contributed by atoms with Gasteiger partial charge in [0, 0.05) is 10.9 Å². The molecule has 0 saturated heterocycles. The zero-order valence-electron chi connectivity index (χ0n) is 24.4. The molecule has 0 fully saturated rings. The molecule has 0 amide bonds. The van der Waals surface area contributed by atoms with Crippen LogP contribution in [0.25, 0.3) is 87.2 Å². The van der Waals surface area contributed by atoms with Crippen molar-refractivity contribution in [1.82, 2.24) is 0 Å². The molecule has 45 heavy (non-hydrogen) atoms. The summed E-state index contributed by atoms with van der Waals surface area (Å²) in [5, 5.41) is 12.5. The van der Waals surface area contributed by atoms with Crippen molar-refractivity contribution in [2.24, 2.45) is 0 Å². The molecule has 9 aromatic carbocycles. The summed E-state index contributed by atoms with van der Waals surface area (Å²) in [6, 6.07) is 57.3. The zero-order valence-corrected chi connectivity index (χ0v) is 24.4. The predicted octanol–water partition coefficient (Wildman–Crippen LogP) is 12.6. The van der Waals surface area contributed by atoms with Crippen LogP contribution in [0.15, 0.2) is 158 Å². The predicted molar refractivity (Wildman–Crippen MR) is 190 cm³/mol. The van der Waals surface area contributed by atoms with Crippen molar-refractivity contribution in [3.8, 4) is 44.9 Å². The highest BCUT2D eigenvalue weighted by molar-refractivity contribution is 6.23. The smallest absolute Gasteiger partial charge is 0.136 e. The van der Waals surface area contributed by atoms with E-state index in [1.807, 2.05) is 0 Å². The quantitative estimate of drug-likeness (QED) is 0.148. The van der Waals surface area contributed by atoms with E-state index in [9.17, 15) is 0 Å². The van der Waals surface area contributed by atoms with E-state index in [-0.39, 0.29) is 0 Å². The van der Waals surface area contributed by atoms with Gasteiger partial charge >= 0.3 is 0 Å². The molecule has 0 radical (unpaired) electrons. The van der Waals surface area contributed by atoms with Crippen molar-refractivity contribution in [3.05, 3.63) is 158 Å². The third kappa shape index (κ3) is 3.56. The Morgan fingerprint density at radius 2 is 1.00 bits per heavy atom. The van der Waals surface area contributed by atoms with Gasteiger partial charge in [-0.15, -0.1) is 0 Å². The number of hydrogen-bond acceptors (Lipinski definition) is 1. The van der Waals surface area contributed by atoms with Gasteiger partial charge < -0.3 is 4.74 Å². The van der Waals surface area contributed by atoms with Crippen LogP contribution in [0.5, 0.6) is 11.5 Å². The SMILES string of the molecule is c1ccc(-c2c3ccccc3cc3ccc4c(-c5ccc6c(c5)-c5cccc7c5c(cc5ccccc57)O6)cccc4c23)cc1. The lowest BCUT2D eigenvalue weighted by Crippen LogP contribution is -1.98. The van der Waals surface area contributed by atoms with Gasteiger partial charge in [0.2, 0.25) is 0 Å². The number of rotatable bonds is 2. The van der Waals surface area contributed by atoms with E-state index in [2.05, 4.69) is 158 Å². The Morgan fingerprint density at radius 3 is 1.84 bits per heavy atom. The molecule has 0 unspecified atom stereocenters. The molecule has 208 valence electrons. The fourth-order valence-corrected chi connectivity index (χ4v) is 7.63. The molecule has 9 aromatic rings. The highest BCUT2D eigenvalue weighted by Gasteiger charge is 2.22. The van der Waals surface area contributed by atoms with Gasteiger partial charge in [-0.25, -0.2) is 0 Å². The van der Waals surface area contributed by atoms with Crippen LogP contribution in [0.1, 0.15) is 0 Å². The lowest BCUT2D eigenvalue weighted by atomic mass is 9.86. The topological polar surface area (TPSA) is 9.23 Å². The van der Waals surface area contributed by atoms with Gasteiger partial charge in [0.25, 0.3) is 0 Å². The summed E-state index contributed by atoms with van der Waals surface area (Å²) < 4.78 is 6.60. The second-order valence-electron chi connectivity index (χ2n) is 12.0. The lowest BCUT2D eigenvalue weighted by molar-refractivity contribution is 0.488. The number of benzene rings is 9. The highest BCUT2D eigenvalue weighted by Crippen LogP contribution is 2.50. The summed E-state index contributed by atoms with van der Waals surface area (Å²) >= 11 is 0. The summed E-state index contributed by atoms with van der Waals surface area (Å²) in [4.78, 5) is 0. The normalized spacial score (nSPS) is 12.2. The van der Waals surface area contributed by atoms with E-state index in [0.717, 1.165) is 17.1 Å². The van der Waals surface area contributed by atoms with Gasteiger partial charge in [0.15, 0.2) is 0 Å². The van der Waals surface area contributed by atoms with Crippen molar-refractivity contribution < 1.29 is 4.74 Å². The molecular weight excluding hydrogens is 544 g/mol. The molecule has 0 saturated carbocycles. The van der Waals surface area contributed by atoms with Crippen LogP contribution < -0.4 is 4.74 Å². The average molecular weight is 571 g/mol. The van der Waals surface area contributed by atoms with Crippen molar-refractivity contribution in [3.63, 3.8) is 0 Å². The largest absolute Gasteiger partial charge is 0.456 e. The number of hydrogen-bond donors (Lipinski definition) is 0.